The minimum atomic E-state index is -3.18. The average Bonchev–Trinajstić information content (AvgIpc) is 3.14. The largest absolute Gasteiger partial charge is 0.461 e. The van der Waals surface area contributed by atoms with Gasteiger partial charge in [-0.15, -0.1) is 0 Å². The van der Waals surface area contributed by atoms with E-state index in [1.807, 2.05) is 36.5 Å². The van der Waals surface area contributed by atoms with Crippen LogP contribution in [0.1, 0.15) is 18.4 Å². The molecular formula is C17H21N3O4S. The third-order valence-electron chi connectivity index (χ3n) is 4.34. The standard InChI is InChI=1S/C17H21N3O4S/c1-25(22,23)19-11-7-15(8-12-19)17(21)24-13-14-3-5-16(6-4-14)20-10-2-9-18-20/h2-6,9-10,15H,7-8,11-13H2,1H3. The molecule has 3 rings (SSSR count). The fourth-order valence-electron chi connectivity index (χ4n) is 2.86. The third kappa shape index (κ3) is 4.46. The molecule has 0 bridgehead atoms. The maximum atomic E-state index is 12.2. The predicted molar refractivity (Wildman–Crippen MR) is 92.5 cm³/mol. The Balaban J connectivity index is 1.49. The molecule has 2 aromatic rings. The first-order chi connectivity index (χ1) is 11.9. The van der Waals surface area contributed by atoms with E-state index in [1.54, 1.807) is 10.9 Å². The van der Waals surface area contributed by atoms with Gasteiger partial charge in [-0.1, -0.05) is 12.1 Å². The summed E-state index contributed by atoms with van der Waals surface area (Å²) in [7, 11) is -3.18. The van der Waals surface area contributed by atoms with Crippen LogP contribution in [-0.4, -0.2) is 47.8 Å². The molecule has 0 unspecified atom stereocenters. The van der Waals surface area contributed by atoms with E-state index in [4.69, 9.17) is 4.74 Å². The Hall–Kier alpha value is -2.19. The summed E-state index contributed by atoms with van der Waals surface area (Å²) in [5, 5.41) is 4.16. The van der Waals surface area contributed by atoms with E-state index in [0.717, 1.165) is 11.3 Å². The first-order valence-corrected chi connectivity index (χ1v) is 9.99. The Kier molecular flexibility index (Phi) is 5.19. The molecule has 25 heavy (non-hydrogen) atoms. The number of sulfonamides is 1. The minimum Gasteiger partial charge on any atom is -0.461 e. The van der Waals surface area contributed by atoms with Crippen molar-refractivity contribution in [1.82, 2.24) is 14.1 Å². The van der Waals surface area contributed by atoms with Gasteiger partial charge >= 0.3 is 5.97 Å². The number of rotatable bonds is 5. The summed E-state index contributed by atoms with van der Waals surface area (Å²) in [6.07, 6.45) is 5.77. The second-order valence-electron chi connectivity index (χ2n) is 6.16. The van der Waals surface area contributed by atoms with Crippen molar-refractivity contribution in [3.8, 4) is 5.69 Å². The van der Waals surface area contributed by atoms with Gasteiger partial charge in [0.05, 0.1) is 17.9 Å². The van der Waals surface area contributed by atoms with E-state index < -0.39 is 10.0 Å². The SMILES string of the molecule is CS(=O)(=O)N1CCC(C(=O)OCc2ccc(-n3cccn3)cc2)CC1. The highest BCUT2D eigenvalue weighted by molar-refractivity contribution is 7.88. The molecule has 134 valence electrons. The average molecular weight is 363 g/mol. The summed E-state index contributed by atoms with van der Waals surface area (Å²) in [6.45, 7) is 0.957. The highest BCUT2D eigenvalue weighted by Crippen LogP contribution is 2.21. The van der Waals surface area contributed by atoms with E-state index in [0.29, 0.717) is 25.9 Å². The molecule has 1 saturated heterocycles. The van der Waals surface area contributed by atoms with Gasteiger partial charge in [0.1, 0.15) is 6.61 Å². The molecule has 1 aromatic carbocycles. The van der Waals surface area contributed by atoms with Gasteiger partial charge in [-0.3, -0.25) is 4.79 Å². The molecule has 7 nitrogen and oxygen atoms in total. The van der Waals surface area contributed by atoms with Crippen molar-refractivity contribution in [3.63, 3.8) is 0 Å². The molecule has 2 heterocycles. The molecule has 8 heteroatoms. The molecule has 0 radical (unpaired) electrons. The number of esters is 1. The van der Waals surface area contributed by atoms with Crippen molar-refractivity contribution in [2.24, 2.45) is 5.92 Å². The first-order valence-electron chi connectivity index (χ1n) is 8.14. The molecule has 1 aliphatic heterocycles. The monoisotopic (exact) mass is 363 g/mol. The van der Waals surface area contributed by atoms with Gasteiger partial charge in [-0.2, -0.15) is 5.10 Å². The number of piperidine rings is 1. The molecule has 1 aliphatic rings. The zero-order valence-corrected chi connectivity index (χ0v) is 14.9. The summed E-state index contributed by atoms with van der Waals surface area (Å²) >= 11 is 0. The minimum absolute atomic E-state index is 0.213. The highest BCUT2D eigenvalue weighted by Gasteiger charge is 2.29. The number of carbonyl (C=O) groups excluding carboxylic acids is 1. The third-order valence-corrected chi connectivity index (χ3v) is 5.65. The number of aromatic nitrogens is 2. The van der Waals surface area contributed by atoms with E-state index in [9.17, 15) is 13.2 Å². The topological polar surface area (TPSA) is 81.5 Å². The van der Waals surface area contributed by atoms with Crippen molar-refractivity contribution in [1.29, 1.82) is 0 Å². The van der Waals surface area contributed by atoms with Crippen molar-refractivity contribution in [2.75, 3.05) is 19.3 Å². The van der Waals surface area contributed by atoms with Crippen LogP contribution in [0, 0.1) is 5.92 Å². The number of nitrogens with zero attached hydrogens (tertiary/aromatic N) is 3. The quantitative estimate of drug-likeness (QED) is 0.754. The Morgan fingerprint density at radius 3 is 2.48 bits per heavy atom. The van der Waals surface area contributed by atoms with Crippen LogP contribution in [0.15, 0.2) is 42.7 Å². The number of benzene rings is 1. The lowest BCUT2D eigenvalue weighted by molar-refractivity contribution is -0.151. The van der Waals surface area contributed by atoms with E-state index >= 15 is 0 Å². The van der Waals surface area contributed by atoms with Gasteiger partial charge in [-0.25, -0.2) is 17.4 Å². The highest BCUT2D eigenvalue weighted by atomic mass is 32.2. The number of hydrogen-bond donors (Lipinski definition) is 0. The maximum absolute atomic E-state index is 12.2. The van der Waals surface area contributed by atoms with Crippen molar-refractivity contribution >= 4 is 16.0 Å². The zero-order valence-electron chi connectivity index (χ0n) is 14.0. The van der Waals surface area contributed by atoms with Crippen LogP contribution in [0.5, 0.6) is 0 Å². The fourth-order valence-corrected chi connectivity index (χ4v) is 3.74. The lowest BCUT2D eigenvalue weighted by atomic mass is 9.98. The lowest BCUT2D eigenvalue weighted by Gasteiger charge is -2.28. The van der Waals surface area contributed by atoms with Gasteiger partial charge in [-0.05, 0) is 36.6 Å². The van der Waals surface area contributed by atoms with Crippen LogP contribution in [0.4, 0.5) is 0 Å². The van der Waals surface area contributed by atoms with Crippen LogP contribution in [-0.2, 0) is 26.2 Å². The summed E-state index contributed by atoms with van der Waals surface area (Å²) in [4.78, 5) is 12.2. The Morgan fingerprint density at radius 1 is 1.24 bits per heavy atom. The van der Waals surface area contributed by atoms with E-state index in [2.05, 4.69) is 5.10 Å². The number of ether oxygens (including phenoxy) is 1. The number of hydrogen-bond acceptors (Lipinski definition) is 5. The molecule has 0 saturated carbocycles. The zero-order chi connectivity index (χ0) is 17.9. The smallest absolute Gasteiger partial charge is 0.309 e. The molecule has 0 N–H and O–H groups in total. The maximum Gasteiger partial charge on any atom is 0.309 e. The van der Waals surface area contributed by atoms with Crippen molar-refractivity contribution < 1.29 is 17.9 Å². The van der Waals surface area contributed by atoms with Gasteiger partial charge < -0.3 is 4.74 Å². The van der Waals surface area contributed by atoms with Crippen molar-refractivity contribution in [3.05, 3.63) is 48.3 Å². The second-order valence-corrected chi connectivity index (χ2v) is 8.14. The van der Waals surface area contributed by atoms with Gasteiger partial charge in [0, 0.05) is 25.5 Å². The molecule has 0 aliphatic carbocycles. The Bertz CT molecular complexity index is 808. The molecule has 0 amide bonds. The van der Waals surface area contributed by atoms with E-state index in [1.165, 1.54) is 10.6 Å². The second kappa shape index (κ2) is 7.37. The molecule has 0 atom stereocenters. The molecule has 1 fully saturated rings. The fraction of sp³-hybridized carbons (Fsp3) is 0.412. The summed E-state index contributed by atoms with van der Waals surface area (Å²) in [6, 6.07) is 9.49. The Labute approximate surface area is 147 Å². The van der Waals surface area contributed by atoms with Crippen LogP contribution in [0.25, 0.3) is 5.69 Å². The number of carbonyl (C=O) groups is 1. The predicted octanol–water partition coefficient (Wildman–Crippen LogP) is 1.59. The van der Waals surface area contributed by atoms with Crippen LogP contribution < -0.4 is 0 Å². The Morgan fingerprint density at radius 2 is 1.92 bits per heavy atom. The van der Waals surface area contributed by atoms with Crippen LogP contribution in [0.2, 0.25) is 0 Å². The summed E-state index contributed by atoms with van der Waals surface area (Å²) < 4.78 is 31.5. The first kappa shape index (κ1) is 17.6. The summed E-state index contributed by atoms with van der Waals surface area (Å²) in [5.41, 5.74) is 1.84. The molecular weight excluding hydrogens is 342 g/mol. The summed E-state index contributed by atoms with van der Waals surface area (Å²) in [5.74, 6) is -0.495. The van der Waals surface area contributed by atoms with Crippen molar-refractivity contribution in [2.45, 2.75) is 19.4 Å². The molecule has 0 spiro atoms. The van der Waals surface area contributed by atoms with Gasteiger partial charge in [0.15, 0.2) is 0 Å². The van der Waals surface area contributed by atoms with Crippen LogP contribution >= 0.6 is 0 Å². The van der Waals surface area contributed by atoms with Crippen LogP contribution in [0.3, 0.4) is 0 Å². The van der Waals surface area contributed by atoms with Gasteiger partial charge in [0.2, 0.25) is 10.0 Å². The van der Waals surface area contributed by atoms with E-state index in [-0.39, 0.29) is 18.5 Å². The van der Waals surface area contributed by atoms with Gasteiger partial charge in [0.25, 0.3) is 0 Å². The molecule has 1 aromatic heterocycles. The lowest BCUT2D eigenvalue weighted by Crippen LogP contribution is -2.40. The normalized spacial score (nSPS) is 16.7.